The molecule has 1 aromatic carbocycles. The van der Waals surface area contributed by atoms with Crippen molar-refractivity contribution in [3.63, 3.8) is 0 Å². The Bertz CT molecular complexity index is 618. The molecule has 1 aliphatic rings. The molecule has 4 heteroatoms. The van der Waals surface area contributed by atoms with Crippen LogP contribution in [-0.2, 0) is 17.7 Å². The van der Waals surface area contributed by atoms with E-state index >= 15 is 0 Å². The van der Waals surface area contributed by atoms with E-state index in [1.165, 1.54) is 43.4 Å². The number of benzene rings is 1. The third kappa shape index (κ3) is 4.04. The van der Waals surface area contributed by atoms with E-state index in [2.05, 4.69) is 44.9 Å². The molecule has 1 aliphatic carbocycles. The average Bonchev–Trinajstić information content (AvgIpc) is 2.90. The van der Waals surface area contributed by atoms with Gasteiger partial charge in [-0.1, -0.05) is 49.6 Å². The van der Waals surface area contributed by atoms with Crippen LogP contribution >= 0.6 is 15.9 Å². The van der Waals surface area contributed by atoms with Crippen molar-refractivity contribution in [3.05, 3.63) is 40.5 Å². The molecule has 3 rings (SSSR count). The van der Waals surface area contributed by atoms with Gasteiger partial charge in [0.05, 0.1) is 16.8 Å². The number of hydrogen-bond donors (Lipinski definition) is 0. The minimum Gasteiger partial charge on any atom is -0.384 e. The van der Waals surface area contributed by atoms with Crippen LogP contribution in [-0.4, -0.2) is 23.5 Å². The minimum atomic E-state index is 0.725. The number of halogens is 1. The van der Waals surface area contributed by atoms with E-state index < -0.39 is 0 Å². The van der Waals surface area contributed by atoms with Crippen LogP contribution < -0.4 is 0 Å². The molecule has 1 heterocycles. The van der Waals surface area contributed by atoms with Gasteiger partial charge in [-0.15, -0.1) is 0 Å². The number of aromatic nitrogens is 2. The summed E-state index contributed by atoms with van der Waals surface area (Å²) < 4.78 is 8.64. The highest BCUT2D eigenvalue weighted by Gasteiger charge is 2.20. The van der Waals surface area contributed by atoms with Crippen LogP contribution in [0.3, 0.4) is 0 Å². The molecule has 0 spiro atoms. The summed E-state index contributed by atoms with van der Waals surface area (Å²) in [5.41, 5.74) is 3.48. The van der Waals surface area contributed by atoms with Gasteiger partial charge in [-0.25, -0.2) is 0 Å². The molecule has 0 amide bonds. The van der Waals surface area contributed by atoms with E-state index in [0.717, 1.165) is 35.7 Å². The molecule has 1 aromatic heterocycles. The van der Waals surface area contributed by atoms with Gasteiger partial charge in [-0.05, 0) is 34.7 Å². The first-order valence-electron chi connectivity index (χ1n) is 8.59. The van der Waals surface area contributed by atoms with E-state index in [4.69, 9.17) is 9.84 Å². The van der Waals surface area contributed by atoms with Gasteiger partial charge >= 0.3 is 0 Å². The fraction of sp³-hybridized carbons (Fsp3) is 0.526. The van der Waals surface area contributed by atoms with Crippen molar-refractivity contribution in [2.45, 2.75) is 45.1 Å². The summed E-state index contributed by atoms with van der Waals surface area (Å²) in [5, 5.41) is 4.94. The van der Waals surface area contributed by atoms with E-state index in [1.807, 2.05) is 6.07 Å². The highest BCUT2D eigenvalue weighted by molar-refractivity contribution is 9.10. The van der Waals surface area contributed by atoms with Crippen molar-refractivity contribution in [1.82, 2.24) is 9.78 Å². The molecule has 0 radical (unpaired) electrons. The van der Waals surface area contributed by atoms with Crippen LogP contribution in [0.25, 0.3) is 11.3 Å². The predicted molar refractivity (Wildman–Crippen MR) is 97.5 cm³/mol. The van der Waals surface area contributed by atoms with Crippen molar-refractivity contribution >= 4 is 15.9 Å². The zero-order valence-corrected chi connectivity index (χ0v) is 15.4. The van der Waals surface area contributed by atoms with Gasteiger partial charge in [-0.3, -0.25) is 4.68 Å². The summed E-state index contributed by atoms with van der Waals surface area (Å²) in [5.74, 6) is 0.764. The van der Waals surface area contributed by atoms with Gasteiger partial charge in [0.25, 0.3) is 0 Å². The van der Waals surface area contributed by atoms with Crippen LogP contribution in [0, 0.1) is 5.92 Å². The van der Waals surface area contributed by atoms with Crippen LogP contribution in [0.2, 0.25) is 0 Å². The zero-order chi connectivity index (χ0) is 16.1. The molecule has 0 saturated heterocycles. The normalized spacial score (nSPS) is 15.9. The molecule has 23 heavy (non-hydrogen) atoms. The Morgan fingerprint density at radius 2 is 1.91 bits per heavy atom. The summed E-state index contributed by atoms with van der Waals surface area (Å²) in [7, 11) is 1.76. The van der Waals surface area contributed by atoms with Crippen molar-refractivity contribution < 1.29 is 4.74 Å². The topological polar surface area (TPSA) is 27.1 Å². The van der Waals surface area contributed by atoms with Crippen molar-refractivity contribution in [2.24, 2.45) is 5.92 Å². The molecule has 0 N–H and O–H groups in total. The summed E-state index contributed by atoms with van der Waals surface area (Å²) in [6.45, 7) is 1.76. The Balaban J connectivity index is 1.89. The van der Waals surface area contributed by atoms with Gasteiger partial charge in [0, 0.05) is 25.6 Å². The third-order valence-electron chi connectivity index (χ3n) is 4.74. The monoisotopic (exact) mass is 376 g/mol. The highest BCUT2D eigenvalue weighted by atomic mass is 79.9. The Labute approximate surface area is 147 Å². The van der Waals surface area contributed by atoms with Gasteiger partial charge in [0.15, 0.2) is 0 Å². The van der Waals surface area contributed by atoms with E-state index in [1.54, 1.807) is 7.11 Å². The SMILES string of the molecule is COCCc1c(Br)c(-c2ccccc2)nn1CC1CCCCC1. The van der Waals surface area contributed by atoms with E-state index in [-0.39, 0.29) is 0 Å². The maximum Gasteiger partial charge on any atom is 0.107 e. The van der Waals surface area contributed by atoms with Crippen LogP contribution in [0.4, 0.5) is 0 Å². The first kappa shape index (κ1) is 16.7. The quantitative estimate of drug-likeness (QED) is 0.702. The predicted octanol–water partition coefficient (Wildman–Crippen LogP) is 5.08. The van der Waals surface area contributed by atoms with Crippen LogP contribution in [0.15, 0.2) is 34.8 Å². The van der Waals surface area contributed by atoms with Crippen molar-refractivity contribution in [1.29, 1.82) is 0 Å². The Hall–Kier alpha value is -1.13. The Morgan fingerprint density at radius 1 is 1.17 bits per heavy atom. The second kappa shape index (κ2) is 8.11. The Morgan fingerprint density at radius 3 is 2.61 bits per heavy atom. The number of methoxy groups -OCH3 is 1. The lowest BCUT2D eigenvalue weighted by Gasteiger charge is -2.22. The third-order valence-corrected chi connectivity index (χ3v) is 5.57. The Kier molecular flexibility index (Phi) is 5.90. The molecule has 1 saturated carbocycles. The van der Waals surface area contributed by atoms with Gasteiger partial charge < -0.3 is 4.74 Å². The fourth-order valence-corrected chi connectivity index (χ4v) is 4.17. The van der Waals surface area contributed by atoms with E-state index in [9.17, 15) is 0 Å². The number of nitrogens with zero attached hydrogens (tertiary/aromatic N) is 2. The summed E-state index contributed by atoms with van der Waals surface area (Å²) in [6.07, 6.45) is 7.69. The molecule has 124 valence electrons. The van der Waals surface area contributed by atoms with Crippen molar-refractivity contribution in [3.8, 4) is 11.3 Å². The maximum atomic E-state index is 5.30. The molecule has 0 unspecified atom stereocenters. The lowest BCUT2D eigenvalue weighted by atomic mass is 9.89. The van der Waals surface area contributed by atoms with Crippen molar-refractivity contribution in [2.75, 3.05) is 13.7 Å². The highest BCUT2D eigenvalue weighted by Crippen LogP contribution is 2.33. The summed E-state index contributed by atoms with van der Waals surface area (Å²) >= 11 is 3.79. The number of hydrogen-bond acceptors (Lipinski definition) is 2. The number of ether oxygens (including phenoxy) is 1. The molecule has 1 fully saturated rings. The molecule has 0 bridgehead atoms. The second-order valence-corrected chi connectivity index (χ2v) is 7.20. The lowest BCUT2D eigenvalue weighted by Crippen LogP contribution is -2.17. The maximum absolute atomic E-state index is 5.30. The molecular weight excluding hydrogens is 352 g/mol. The van der Waals surface area contributed by atoms with Gasteiger partial charge in [0.1, 0.15) is 5.69 Å². The zero-order valence-electron chi connectivity index (χ0n) is 13.8. The minimum absolute atomic E-state index is 0.725. The first-order valence-corrected chi connectivity index (χ1v) is 9.38. The second-order valence-electron chi connectivity index (χ2n) is 6.40. The smallest absolute Gasteiger partial charge is 0.107 e. The largest absolute Gasteiger partial charge is 0.384 e. The van der Waals surface area contributed by atoms with Crippen LogP contribution in [0.5, 0.6) is 0 Å². The average molecular weight is 377 g/mol. The van der Waals surface area contributed by atoms with E-state index in [0.29, 0.717) is 0 Å². The van der Waals surface area contributed by atoms with Gasteiger partial charge in [-0.2, -0.15) is 5.10 Å². The molecule has 3 nitrogen and oxygen atoms in total. The summed E-state index contributed by atoms with van der Waals surface area (Å²) in [6, 6.07) is 10.4. The summed E-state index contributed by atoms with van der Waals surface area (Å²) in [4.78, 5) is 0. The first-order chi connectivity index (χ1) is 11.3. The lowest BCUT2D eigenvalue weighted by molar-refractivity contribution is 0.198. The number of rotatable bonds is 6. The fourth-order valence-electron chi connectivity index (χ4n) is 3.46. The molecule has 0 atom stereocenters. The molecular formula is C19H25BrN2O. The molecule has 0 aliphatic heterocycles. The van der Waals surface area contributed by atoms with Crippen LogP contribution in [0.1, 0.15) is 37.8 Å². The standard InChI is InChI=1S/C19H25BrN2O/c1-23-13-12-17-18(20)19(16-10-6-3-7-11-16)21-22(17)14-15-8-4-2-5-9-15/h3,6-7,10-11,15H,2,4-5,8-9,12-14H2,1H3. The molecule has 2 aromatic rings. The van der Waals surface area contributed by atoms with Gasteiger partial charge in [0.2, 0.25) is 0 Å².